The number of rotatable bonds is 4. The molecule has 0 aliphatic heterocycles. The zero-order valence-electron chi connectivity index (χ0n) is 10.9. The van der Waals surface area contributed by atoms with Crippen molar-refractivity contribution in [2.45, 2.75) is 25.9 Å². The Balaban J connectivity index is 1.80. The van der Waals surface area contributed by atoms with Crippen LogP contribution in [-0.4, -0.2) is 23.7 Å². The first-order chi connectivity index (χ1) is 9.04. The third kappa shape index (κ3) is 4.08. The minimum atomic E-state index is -0.174. The Morgan fingerprint density at radius 3 is 2.89 bits per heavy atom. The molecule has 4 heteroatoms. The van der Waals surface area contributed by atoms with E-state index in [1.165, 1.54) is 6.08 Å². The number of halogens is 1. The highest BCUT2D eigenvalue weighted by molar-refractivity contribution is 6.31. The summed E-state index contributed by atoms with van der Waals surface area (Å²) in [5, 5.41) is 12.7. The first-order valence-corrected chi connectivity index (χ1v) is 6.82. The Bertz CT molecular complexity index is 493. The van der Waals surface area contributed by atoms with Crippen molar-refractivity contribution in [2.24, 2.45) is 5.92 Å². The molecule has 0 saturated heterocycles. The van der Waals surface area contributed by atoms with Gasteiger partial charge >= 0.3 is 0 Å². The number of hydrogen-bond donors (Lipinski definition) is 2. The van der Waals surface area contributed by atoms with Gasteiger partial charge in [-0.3, -0.25) is 4.79 Å². The van der Waals surface area contributed by atoms with Crippen LogP contribution in [0.5, 0.6) is 0 Å². The predicted octanol–water partition coefficient (Wildman–Crippen LogP) is 2.55. The van der Waals surface area contributed by atoms with Crippen LogP contribution in [-0.2, 0) is 4.79 Å². The topological polar surface area (TPSA) is 49.3 Å². The number of aryl methyl sites for hydroxylation is 1. The molecule has 0 bridgehead atoms. The number of aliphatic hydroxyl groups is 1. The fraction of sp³-hybridized carbons (Fsp3) is 0.400. The van der Waals surface area contributed by atoms with Crippen molar-refractivity contribution in [1.82, 2.24) is 5.32 Å². The summed E-state index contributed by atoms with van der Waals surface area (Å²) in [5.41, 5.74) is 1.93. The molecule has 1 aliphatic rings. The van der Waals surface area contributed by atoms with E-state index in [0.717, 1.165) is 24.0 Å². The van der Waals surface area contributed by atoms with Crippen LogP contribution in [0.1, 0.15) is 24.0 Å². The first-order valence-electron chi connectivity index (χ1n) is 6.44. The van der Waals surface area contributed by atoms with Gasteiger partial charge in [-0.25, -0.2) is 0 Å². The van der Waals surface area contributed by atoms with Crippen molar-refractivity contribution < 1.29 is 9.90 Å². The van der Waals surface area contributed by atoms with Gasteiger partial charge in [0.2, 0.25) is 5.91 Å². The van der Waals surface area contributed by atoms with Gasteiger partial charge in [0, 0.05) is 17.6 Å². The van der Waals surface area contributed by atoms with E-state index in [9.17, 15) is 4.79 Å². The maximum atomic E-state index is 11.6. The second kappa shape index (κ2) is 6.22. The summed E-state index contributed by atoms with van der Waals surface area (Å²) in [6, 6.07) is 5.69. The summed E-state index contributed by atoms with van der Waals surface area (Å²) in [5.74, 6) is 0.305. The summed E-state index contributed by atoms with van der Waals surface area (Å²) >= 11 is 6.01. The molecule has 0 aromatic heterocycles. The van der Waals surface area contributed by atoms with Crippen molar-refractivity contribution in [3.8, 4) is 0 Å². The van der Waals surface area contributed by atoms with Gasteiger partial charge in [-0.05, 0) is 49.0 Å². The lowest BCUT2D eigenvalue weighted by Gasteiger charge is -2.31. The third-order valence-electron chi connectivity index (χ3n) is 3.40. The number of carbonyl (C=O) groups is 1. The molecule has 1 aliphatic carbocycles. The quantitative estimate of drug-likeness (QED) is 0.832. The first kappa shape index (κ1) is 14.1. The molecule has 0 unspecified atom stereocenters. The van der Waals surface area contributed by atoms with E-state index in [1.54, 1.807) is 6.08 Å². The van der Waals surface area contributed by atoms with E-state index in [1.807, 2.05) is 25.1 Å². The second-order valence-electron chi connectivity index (χ2n) is 5.08. The molecule has 2 rings (SSSR count). The lowest BCUT2D eigenvalue weighted by atomic mass is 9.82. The van der Waals surface area contributed by atoms with E-state index in [0.29, 0.717) is 17.5 Å². The molecule has 0 heterocycles. The van der Waals surface area contributed by atoms with E-state index in [2.05, 4.69) is 5.32 Å². The number of aliphatic hydroxyl groups excluding tert-OH is 1. The Kier molecular flexibility index (Phi) is 4.61. The van der Waals surface area contributed by atoms with E-state index < -0.39 is 0 Å². The van der Waals surface area contributed by atoms with Crippen molar-refractivity contribution in [3.63, 3.8) is 0 Å². The van der Waals surface area contributed by atoms with Crippen molar-refractivity contribution in [2.75, 3.05) is 6.54 Å². The average molecular weight is 280 g/mol. The van der Waals surface area contributed by atoms with Crippen LogP contribution >= 0.6 is 11.6 Å². The fourth-order valence-electron chi connectivity index (χ4n) is 2.06. The molecule has 1 amide bonds. The molecule has 102 valence electrons. The monoisotopic (exact) mass is 279 g/mol. The Morgan fingerprint density at radius 1 is 1.53 bits per heavy atom. The molecule has 2 N–H and O–H groups in total. The number of carbonyl (C=O) groups excluding carboxylic acids is 1. The Labute approximate surface area is 118 Å². The molecule has 0 atom stereocenters. The molecule has 1 saturated carbocycles. The molecular weight excluding hydrogens is 262 g/mol. The standard InChI is InChI=1S/C15H18ClNO2/c1-10-2-3-11(8-14(10)16)4-5-15(19)17-9-12-6-13(18)7-12/h2-5,8,12-13,18H,6-7,9H2,1H3,(H,17,19). The minimum absolute atomic E-state index is 0.113. The van der Waals surface area contributed by atoms with Gasteiger partial charge in [-0.2, -0.15) is 0 Å². The van der Waals surface area contributed by atoms with Crippen LogP contribution in [0.2, 0.25) is 5.02 Å². The average Bonchev–Trinajstić information content (AvgIpc) is 2.34. The predicted molar refractivity (Wildman–Crippen MR) is 77.0 cm³/mol. The zero-order valence-corrected chi connectivity index (χ0v) is 11.7. The Hall–Kier alpha value is -1.32. The number of benzene rings is 1. The lowest BCUT2D eigenvalue weighted by molar-refractivity contribution is -0.117. The van der Waals surface area contributed by atoms with E-state index >= 15 is 0 Å². The molecule has 3 nitrogen and oxygen atoms in total. The summed E-state index contributed by atoms with van der Waals surface area (Å²) in [4.78, 5) is 11.6. The smallest absolute Gasteiger partial charge is 0.244 e. The zero-order chi connectivity index (χ0) is 13.8. The molecule has 1 fully saturated rings. The van der Waals surface area contributed by atoms with Crippen LogP contribution in [0, 0.1) is 12.8 Å². The third-order valence-corrected chi connectivity index (χ3v) is 3.81. The van der Waals surface area contributed by atoms with Gasteiger partial charge in [-0.1, -0.05) is 23.7 Å². The Morgan fingerprint density at radius 2 is 2.26 bits per heavy atom. The van der Waals surface area contributed by atoms with Crippen LogP contribution in [0.4, 0.5) is 0 Å². The summed E-state index contributed by atoms with van der Waals surface area (Å²) in [7, 11) is 0. The molecule has 19 heavy (non-hydrogen) atoms. The number of hydrogen-bond acceptors (Lipinski definition) is 2. The largest absolute Gasteiger partial charge is 0.393 e. The van der Waals surface area contributed by atoms with E-state index in [-0.39, 0.29) is 12.0 Å². The van der Waals surface area contributed by atoms with Gasteiger partial charge in [0.05, 0.1) is 6.10 Å². The van der Waals surface area contributed by atoms with Gasteiger partial charge in [0.15, 0.2) is 0 Å². The minimum Gasteiger partial charge on any atom is -0.393 e. The second-order valence-corrected chi connectivity index (χ2v) is 5.49. The fourth-order valence-corrected chi connectivity index (χ4v) is 2.24. The maximum absolute atomic E-state index is 11.6. The number of nitrogens with one attached hydrogen (secondary N) is 1. The van der Waals surface area contributed by atoms with Crippen LogP contribution in [0.25, 0.3) is 6.08 Å². The highest BCUT2D eigenvalue weighted by Gasteiger charge is 2.26. The lowest BCUT2D eigenvalue weighted by Crippen LogP contribution is -2.37. The molecular formula is C15H18ClNO2. The molecule has 0 radical (unpaired) electrons. The molecule has 0 spiro atoms. The van der Waals surface area contributed by atoms with Crippen LogP contribution in [0.15, 0.2) is 24.3 Å². The normalized spacial score (nSPS) is 22.3. The summed E-state index contributed by atoms with van der Waals surface area (Å²) in [6.45, 7) is 2.57. The van der Waals surface area contributed by atoms with Gasteiger partial charge in [0.1, 0.15) is 0 Å². The van der Waals surface area contributed by atoms with Crippen LogP contribution < -0.4 is 5.32 Å². The van der Waals surface area contributed by atoms with Gasteiger partial charge in [-0.15, -0.1) is 0 Å². The SMILES string of the molecule is Cc1ccc(C=CC(=O)NCC2CC(O)C2)cc1Cl. The highest BCUT2D eigenvalue weighted by Crippen LogP contribution is 2.26. The van der Waals surface area contributed by atoms with Crippen molar-refractivity contribution >= 4 is 23.6 Å². The van der Waals surface area contributed by atoms with Gasteiger partial charge < -0.3 is 10.4 Å². The van der Waals surface area contributed by atoms with Crippen molar-refractivity contribution in [1.29, 1.82) is 0 Å². The van der Waals surface area contributed by atoms with Crippen molar-refractivity contribution in [3.05, 3.63) is 40.4 Å². The molecule has 1 aromatic carbocycles. The number of amides is 1. The summed E-state index contributed by atoms with van der Waals surface area (Å²) in [6.07, 6.45) is 4.66. The van der Waals surface area contributed by atoms with Crippen LogP contribution in [0.3, 0.4) is 0 Å². The van der Waals surface area contributed by atoms with E-state index in [4.69, 9.17) is 16.7 Å². The maximum Gasteiger partial charge on any atom is 0.244 e. The van der Waals surface area contributed by atoms with Gasteiger partial charge in [0.25, 0.3) is 0 Å². The highest BCUT2D eigenvalue weighted by atomic mass is 35.5. The molecule has 1 aromatic rings. The summed E-state index contributed by atoms with van der Waals surface area (Å²) < 4.78 is 0.